The van der Waals surface area contributed by atoms with Crippen molar-refractivity contribution in [2.75, 3.05) is 11.5 Å². The van der Waals surface area contributed by atoms with Crippen molar-refractivity contribution in [3.8, 4) is 22.5 Å². The van der Waals surface area contributed by atoms with E-state index in [9.17, 15) is 0 Å². The fourth-order valence-electron chi connectivity index (χ4n) is 3.53. The number of benzene rings is 2. The van der Waals surface area contributed by atoms with E-state index >= 15 is 0 Å². The maximum absolute atomic E-state index is 5.92. The zero-order valence-corrected chi connectivity index (χ0v) is 16.5. The molecule has 0 amide bonds. The number of nitrogens with zero attached hydrogens (tertiary/aromatic N) is 3. The van der Waals surface area contributed by atoms with Crippen molar-refractivity contribution in [1.29, 1.82) is 0 Å². The molecule has 0 radical (unpaired) electrons. The summed E-state index contributed by atoms with van der Waals surface area (Å²) in [4.78, 5) is 8.49. The number of aromatic amines is 3. The lowest BCUT2D eigenvalue weighted by molar-refractivity contribution is 0.553. The van der Waals surface area contributed by atoms with Gasteiger partial charge in [0.1, 0.15) is 5.82 Å². The Kier molecular flexibility index (Phi) is 3.48. The molecule has 3 heterocycles. The Bertz CT molecular complexity index is 1270. The standard InChI is InChI=1S/C21H22N8/c1-21(2,3)20-24-16(10-4-6-12-14(8-10)26-28-18(12)22)17(25-20)11-5-7-13-15(9-11)27-29-19(13)23/h4-9H,1-3H3,(H,24,25)(H3,22,26,28)(H3,23,27,29). The highest BCUT2D eigenvalue weighted by Crippen LogP contribution is 2.36. The Morgan fingerprint density at radius 3 is 1.93 bits per heavy atom. The lowest BCUT2D eigenvalue weighted by Gasteiger charge is -2.14. The third kappa shape index (κ3) is 2.72. The van der Waals surface area contributed by atoms with E-state index in [4.69, 9.17) is 16.5 Å². The third-order valence-corrected chi connectivity index (χ3v) is 5.16. The summed E-state index contributed by atoms with van der Waals surface area (Å²) >= 11 is 0. The molecule has 8 nitrogen and oxygen atoms in total. The van der Waals surface area contributed by atoms with E-state index in [2.05, 4.69) is 46.1 Å². The molecule has 0 saturated carbocycles. The summed E-state index contributed by atoms with van der Waals surface area (Å²) in [5.74, 6) is 1.90. The van der Waals surface area contributed by atoms with Crippen molar-refractivity contribution in [1.82, 2.24) is 30.4 Å². The summed E-state index contributed by atoms with van der Waals surface area (Å²) in [6.45, 7) is 6.41. The molecule has 0 bridgehead atoms. The molecular weight excluding hydrogens is 364 g/mol. The molecule has 5 aromatic rings. The molecule has 7 N–H and O–H groups in total. The molecule has 0 spiro atoms. The lowest BCUT2D eigenvalue weighted by atomic mass is 9.96. The first-order chi connectivity index (χ1) is 13.8. The Morgan fingerprint density at radius 1 is 0.793 bits per heavy atom. The van der Waals surface area contributed by atoms with E-state index in [1.807, 2.05) is 36.4 Å². The van der Waals surface area contributed by atoms with Crippen LogP contribution >= 0.6 is 0 Å². The molecule has 0 aliphatic carbocycles. The van der Waals surface area contributed by atoms with Crippen LogP contribution in [0.25, 0.3) is 44.3 Å². The Labute approximate surface area is 166 Å². The summed E-state index contributed by atoms with van der Waals surface area (Å²) < 4.78 is 0. The zero-order valence-electron chi connectivity index (χ0n) is 16.5. The maximum atomic E-state index is 5.92. The van der Waals surface area contributed by atoms with Crippen LogP contribution in [0.2, 0.25) is 0 Å². The first-order valence-electron chi connectivity index (χ1n) is 9.40. The second kappa shape index (κ2) is 5.84. The van der Waals surface area contributed by atoms with Crippen molar-refractivity contribution in [3.63, 3.8) is 0 Å². The van der Waals surface area contributed by atoms with E-state index in [1.54, 1.807) is 0 Å². The Hall–Kier alpha value is -3.81. The second-order valence-electron chi connectivity index (χ2n) is 8.30. The molecule has 2 aromatic carbocycles. The van der Waals surface area contributed by atoms with Crippen LogP contribution in [0.5, 0.6) is 0 Å². The smallest absolute Gasteiger partial charge is 0.153 e. The average molecular weight is 386 g/mol. The summed E-state index contributed by atoms with van der Waals surface area (Å²) in [7, 11) is 0. The molecule has 0 fully saturated rings. The van der Waals surface area contributed by atoms with Crippen LogP contribution in [0.4, 0.5) is 11.6 Å². The van der Waals surface area contributed by atoms with Crippen molar-refractivity contribution in [2.45, 2.75) is 26.2 Å². The lowest BCUT2D eigenvalue weighted by Crippen LogP contribution is -2.13. The quantitative estimate of drug-likeness (QED) is 0.313. The molecule has 3 aromatic heterocycles. The monoisotopic (exact) mass is 386 g/mol. The van der Waals surface area contributed by atoms with Crippen molar-refractivity contribution < 1.29 is 0 Å². The van der Waals surface area contributed by atoms with Gasteiger partial charge in [0.2, 0.25) is 0 Å². The highest BCUT2D eigenvalue weighted by molar-refractivity contribution is 5.95. The van der Waals surface area contributed by atoms with Crippen molar-refractivity contribution in [3.05, 3.63) is 42.2 Å². The molecular formula is C21H22N8. The predicted octanol–water partition coefficient (Wildman–Crippen LogP) is 3.96. The molecule has 0 atom stereocenters. The molecule has 0 aliphatic rings. The van der Waals surface area contributed by atoms with E-state index in [0.717, 1.165) is 50.1 Å². The number of imidazole rings is 1. The number of H-pyrrole nitrogens is 3. The maximum Gasteiger partial charge on any atom is 0.153 e. The molecule has 0 aliphatic heterocycles. The van der Waals surface area contributed by atoms with E-state index in [1.165, 1.54) is 0 Å². The van der Waals surface area contributed by atoms with Gasteiger partial charge in [-0.05, 0) is 24.3 Å². The predicted molar refractivity (Wildman–Crippen MR) is 116 cm³/mol. The van der Waals surface area contributed by atoms with Gasteiger partial charge in [0.25, 0.3) is 0 Å². The van der Waals surface area contributed by atoms with Crippen molar-refractivity contribution in [2.24, 2.45) is 0 Å². The normalized spacial score (nSPS) is 12.2. The van der Waals surface area contributed by atoms with Gasteiger partial charge in [-0.15, -0.1) is 0 Å². The summed E-state index contributed by atoms with van der Waals surface area (Å²) in [5.41, 5.74) is 17.3. The zero-order chi connectivity index (χ0) is 20.3. The Balaban J connectivity index is 1.73. The summed E-state index contributed by atoms with van der Waals surface area (Å²) in [6, 6.07) is 12.1. The Morgan fingerprint density at radius 2 is 1.34 bits per heavy atom. The minimum Gasteiger partial charge on any atom is -0.382 e. The van der Waals surface area contributed by atoms with Crippen LogP contribution in [0.1, 0.15) is 26.6 Å². The average Bonchev–Trinajstić information content (AvgIpc) is 3.39. The molecule has 0 saturated heterocycles. The van der Waals surface area contributed by atoms with Crippen LogP contribution in [0.15, 0.2) is 36.4 Å². The summed E-state index contributed by atoms with van der Waals surface area (Å²) in [5, 5.41) is 16.0. The largest absolute Gasteiger partial charge is 0.382 e. The fourth-order valence-corrected chi connectivity index (χ4v) is 3.53. The van der Waals surface area contributed by atoms with Crippen LogP contribution in [-0.4, -0.2) is 30.4 Å². The molecule has 0 unspecified atom stereocenters. The molecule has 5 rings (SSSR count). The third-order valence-electron chi connectivity index (χ3n) is 5.16. The molecule has 146 valence electrons. The number of nitrogens with two attached hydrogens (primary N) is 2. The fraction of sp³-hybridized carbons (Fsp3) is 0.190. The number of nitrogens with one attached hydrogen (secondary N) is 3. The van der Waals surface area contributed by atoms with Gasteiger partial charge >= 0.3 is 0 Å². The van der Waals surface area contributed by atoms with Crippen LogP contribution in [0.3, 0.4) is 0 Å². The number of hydrogen-bond acceptors (Lipinski definition) is 5. The molecule has 8 heteroatoms. The number of rotatable bonds is 2. The van der Waals surface area contributed by atoms with Gasteiger partial charge in [0.05, 0.1) is 22.4 Å². The minimum atomic E-state index is -0.127. The number of aromatic nitrogens is 6. The SMILES string of the molecule is CC(C)(C)c1nc(-c2ccc3c(N)n[nH]c3c2)c(-c2ccc3c(N)n[nH]c3c2)[nH]1. The van der Waals surface area contributed by atoms with Crippen LogP contribution < -0.4 is 11.5 Å². The van der Waals surface area contributed by atoms with Gasteiger partial charge < -0.3 is 16.5 Å². The van der Waals surface area contributed by atoms with Gasteiger partial charge in [-0.25, -0.2) is 4.98 Å². The van der Waals surface area contributed by atoms with Gasteiger partial charge in [0.15, 0.2) is 11.6 Å². The van der Waals surface area contributed by atoms with Crippen LogP contribution in [0, 0.1) is 0 Å². The van der Waals surface area contributed by atoms with Crippen molar-refractivity contribution >= 4 is 33.4 Å². The highest BCUT2D eigenvalue weighted by Gasteiger charge is 2.23. The summed E-state index contributed by atoms with van der Waals surface area (Å²) in [6.07, 6.45) is 0. The first kappa shape index (κ1) is 17.3. The number of anilines is 2. The van der Waals surface area contributed by atoms with Gasteiger partial charge in [-0.3, -0.25) is 10.2 Å². The second-order valence-corrected chi connectivity index (χ2v) is 8.30. The number of fused-ring (bicyclic) bond motifs is 2. The topological polar surface area (TPSA) is 138 Å². The van der Waals surface area contributed by atoms with E-state index in [0.29, 0.717) is 11.6 Å². The van der Waals surface area contributed by atoms with Gasteiger partial charge in [0, 0.05) is 27.3 Å². The van der Waals surface area contributed by atoms with E-state index in [-0.39, 0.29) is 5.41 Å². The molecule has 29 heavy (non-hydrogen) atoms. The van der Waals surface area contributed by atoms with Gasteiger partial charge in [-0.2, -0.15) is 10.2 Å². The van der Waals surface area contributed by atoms with Gasteiger partial charge in [-0.1, -0.05) is 32.9 Å². The minimum absolute atomic E-state index is 0.127. The highest BCUT2D eigenvalue weighted by atomic mass is 15.2. The van der Waals surface area contributed by atoms with E-state index < -0.39 is 0 Å². The number of hydrogen-bond donors (Lipinski definition) is 5. The first-order valence-corrected chi connectivity index (χ1v) is 9.40. The van der Waals surface area contributed by atoms with Crippen LogP contribution in [-0.2, 0) is 5.41 Å². The number of nitrogen functional groups attached to an aromatic ring is 2.